The van der Waals surface area contributed by atoms with Gasteiger partial charge in [-0.15, -0.1) is 0 Å². The molecule has 0 aromatic carbocycles. The highest BCUT2D eigenvalue weighted by atomic mass is 79.9. The summed E-state index contributed by atoms with van der Waals surface area (Å²) >= 11 is 3.37. The van der Waals surface area contributed by atoms with Gasteiger partial charge in [0.15, 0.2) is 0 Å². The molecule has 106 valence electrons. The Balaban J connectivity index is 2.30. The molecule has 1 aliphatic heterocycles. The summed E-state index contributed by atoms with van der Waals surface area (Å²) in [4.78, 5) is 14.3. The number of aromatic nitrogens is 2. The van der Waals surface area contributed by atoms with Crippen LogP contribution >= 0.6 is 15.9 Å². The van der Waals surface area contributed by atoms with Crippen LogP contribution in [-0.2, 0) is 6.54 Å². The van der Waals surface area contributed by atoms with Gasteiger partial charge in [0.2, 0.25) is 0 Å². The van der Waals surface area contributed by atoms with E-state index in [1.807, 2.05) is 7.05 Å². The Morgan fingerprint density at radius 2 is 2.42 bits per heavy atom. The van der Waals surface area contributed by atoms with Crippen molar-refractivity contribution in [1.82, 2.24) is 15.1 Å². The van der Waals surface area contributed by atoms with Crippen LogP contribution in [0.1, 0.15) is 12.8 Å². The van der Waals surface area contributed by atoms with Crippen LogP contribution in [-0.4, -0.2) is 47.7 Å². The fourth-order valence-electron chi connectivity index (χ4n) is 2.51. The number of hydrogen-bond acceptors (Lipinski definition) is 5. The van der Waals surface area contributed by atoms with Crippen molar-refractivity contribution in [2.24, 2.45) is 0 Å². The van der Waals surface area contributed by atoms with Crippen molar-refractivity contribution >= 4 is 21.6 Å². The molecule has 19 heavy (non-hydrogen) atoms. The minimum absolute atomic E-state index is 0.0925. The second-order valence-electron chi connectivity index (χ2n) is 4.64. The van der Waals surface area contributed by atoms with Gasteiger partial charge >= 0.3 is 0 Å². The van der Waals surface area contributed by atoms with Crippen LogP contribution in [0.3, 0.4) is 0 Å². The molecule has 6 nitrogen and oxygen atoms in total. The first-order chi connectivity index (χ1) is 9.19. The van der Waals surface area contributed by atoms with E-state index in [4.69, 9.17) is 5.11 Å². The van der Waals surface area contributed by atoms with E-state index in [0.717, 1.165) is 31.6 Å². The van der Waals surface area contributed by atoms with Crippen molar-refractivity contribution in [1.29, 1.82) is 0 Å². The summed E-state index contributed by atoms with van der Waals surface area (Å²) in [6.45, 7) is 1.96. The molecule has 0 spiro atoms. The molecule has 1 atom stereocenters. The van der Waals surface area contributed by atoms with Gasteiger partial charge in [0, 0.05) is 19.1 Å². The molecule has 1 aromatic heterocycles. The highest BCUT2D eigenvalue weighted by molar-refractivity contribution is 9.10. The third-order valence-corrected chi connectivity index (χ3v) is 4.15. The average molecular weight is 331 g/mol. The highest BCUT2D eigenvalue weighted by Crippen LogP contribution is 2.29. The molecule has 2 N–H and O–H groups in total. The van der Waals surface area contributed by atoms with E-state index in [1.165, 1.54) is 4.68 Å². The van der Waals surface area contributed by atoms with Crippen LogP contribution in [0.15, 0.2) is 15.5 Å². The van der Waals surface area contributed by atoms with Crippen LogP contribution in [0, 0.1) is 0 Å². The summed E-state index contributed by atoms with van der Waals surface area (Å²) < 4.78 is 1.80. The quantitative estimate of drug-likeness (QED) is 0.806. The third-order valence-electron chi connectivity index (χ3n) is 3.40. The lowest BCUT2D eigenvalue weighted by Gasteiger charge is -2.27. The predicted molar refractivity (Wildman–Crippen MR) is 77.6 cm³/mol. The third kappa shape index (κ3) is 2.98. The van der Waals surface area contributed by atoms with Crippen molar-refractivity contribution in [3.05, 3.63) is 21.0 Å². The van der Waals surface area contributed by atoms with Crippen LogP contribution in [0.2, 0.25) is 0 Å². The van der Waals surface area contributed by atoms with E-state index in [-0.39, 0.29) is 18.7 Å². The van der Waals surface area contributed by atoms with Crippen LogP contribution in [0.5, 0.6) is 0 Å². The molecule has 1 saturated heterocycles. The maximum Gasteiger partial charge on any atom is 0.283 e. The van der Waals surface area contributed by atoms with E-state index in [0.29, 0.717) is 10.5 Å². The van der Waals surface area contributed by atoms with Gasteiger partial charge in [-0.2, -0.15) is 5.10 Å². The minimum Gasteiger partial charge on any atom is -0.394 e. The van der Waals surface area contributed by atoms with Crippen LogP contribution in [0.4, 0.5) is 5.69 Å². The van der Waals surface area contributed by atoms with E-state index < -0.39 is 0 Å². The SMILES string of the molecule is CNCC1CCCN1c1cnn(CCO)c(=O)c1Br. The first-order valence-electron chi connectivity index (χ1n) is 6.46. The number of aliphatic hydroxyl groups excluding tert-OH is 1. The zero-order valence-electron chi connectivity index (χ0n) is 11.0. The molecule has 0 amide bonds. The van der Waals surface area contributed by atoms with Crippen LogP contribution in [0.25, 0.3) is 0 Å². The van der Waals surface area contributed by atoms with E-state index in [1.54, 1.807) is 6.20 Å². The van der Waals surface area contributed by atoms with E-state index >= 15 is 0 Å². The van der Waals surface area contributed by atoms with Gasteiger partial charge in [-0.1, -0.05) is 0 Å². The van der Waals surface area contributed by atoms with Crippen molar-refractivity contribution in [3.63, 3.8) is 0 Å². The Bertz CT molecular complexity index is 491. The highest BCUT2D eigenvalue weighted by Gasteiger charge is 2.26. The molecule has 0 bridgehead atoms. The number of nitrogens with zero attached hydrogens (tertiary/aromatic N) is 3. The summed E-state index contributed by atoms with van der Waals surface area (Å²) in [6, 6.07) is 0.399. The first kappa shape index (κ1) is 14.5. The number of rotatable bonds is 5. The molecule has 2 rings (SSSR count). The van der Waals surface area contributed by atoms with Crippen molar-refractivity contribution < 1.29 is 5.11 Å². The second kappa shape index (κ2) is 6.49. The predicted octanol–water partition coefficient (Wildman–Crippen LogP) is 0.186. The monoisotopic (exact) mass is 330 g/mol. The van der Waals surface area contributed by atoms with Crippen molar-refractivity contribution in [2.75, 3.05) is 31.6 Å². The molecule has 0 saturated carbocycles. The summed E-state index contributed by atoms with van der Waals surface area (Å²) in [5.74, 6) is 0. The maximum atomic E-state index is 12.1. The van der Waals surface area contributed by atoms with E-state index in [9.17, 15) is 4.79 Å². The largest absolute Gasteiger partial charge is 0.394 e. The molecule has 7 heteroatoms. The lowest BCUT2D eigenvalue weighted by Crippen LogP contribution is -2.38. The number of hydrogen-bond donors (Lipinski definition) is 2. The molecule has 0 radical (unpaired) electrons. The van der Waals surface area contributed by atoms with Crippen molar-refractivity contribution in [2.45, 2.75) is 25.4 Å². The molecular formula is C12H19BrN4O2. The molecule has 1 fully saturated rings. The Labute approximate surface area is 120 Å². The topological polar surface area (TPSA) is 70.4 Å². The smallest absolute Gasteiger partial charge is 0.283 e. The van der Waals surface area contributed by atoms with Gasteiger partial charge in [-0.05, 0) is 35.8 Å². The molecule has 1 unspecified atom stereocenters. The lowest BCUT2D eigenvalue weighted by molar-refractivity contribution is 0.266. The average Bonchev–Trinajstić information content (AvgIpc) is 2.84. The molecular weight excluding hydrogens is 312 g/mol. The zero-order valence-corrected chi connectivity index (χ0v) is 12.6. The number of halogens is 1. The summed E-state index contributed by atoms with van der Waals surface area (Å²) in [7, 11) is 1.93. The Hall–Kier alpha value is -0.920. The fraction of sp³-hybridized carbons (Fsp3) is 0.667. The van der Waals surface area contributed by atoms with Gasteiger partial charge in [0.1, 0.15) is 4.47 Å². The van der Waals surface area contributed by atoms with Gasteiger partial charge in [-0.25, -0.2) is 4.68 Å². The fourth-order valence-corrected chi connectivity index (χ4v) is 3.05. The Kier molecular flexibility index (Phi) is 4.95. The van der Waals surface area contributed by atoms with Gasteiger partial charge in [0.25, 0.3) is 5.56 Å². The molecule has 1 aliphatic rings. The summed E-state index contributed by atoms with van der Waals surface area (Å²) in [5, 5.41) is 16.2. The van der Waals surface area contributed by atoms with Gasteiger partial charge in [-0.3, -0.25) is 4.79 Å². The molecule has 2 heterocycles. The molecule has 0 aliphatic carbocycles. The minimum atomic E-state index is -0.193. The van der Waals surface area contributed by atoms with E-state index in [2.05, 4.69) is 31.2 Å². The summed E-state index contributed by atoms with van der Waals surface area (Å²) in [5.41, 5.74) is 0.651. The normalized spacial score (nSPS) is 19.1. The number of nitrogens with one attached hydrogen (secondary N) is 1. The number of anilines is 1. The first-order valence-corrected chi connectivity index (χ1v) is 7.26. The van der Waals surface area contributed by atoms with Gasteiger partial charge in [0.05, 0.1) is 25.0 Å². The van der Waals surface area contributed by atoms with Gasteiger partial charge < -0.3 is 15.3 Å². The summed E-state index contributed by atoms with van der Waals surface area (Å²) in [6.07, 6.45) is 3.95. The zero-order chi connectivity index (χ0) is 13.8. The van der Waals surface area contributed by atoms with Crippen molar-refractivity contribution in [3.8, 4) is 0 Å². The molecule has 1 aromatic rings. The number of aliphatic hydroxyl groups is 1. The second-order valence-corrected chi connectivity index (χ2v) is 5.44. The standard InChI is InChI=1S/C12H19BrN4O2/c1-14-7-9-3-2-4-16(9)10-8-15-17(5-6-18)12(19)11(10)13/h8-9,14,18H,2-7H2,1H3. The lowest BCUT2D eigenvalue weighted by atomic mass is 10.2. The maximum absolute atomic E-state index is 12.1. The Morgan fingerprint density at radius 1 is 1.63 bits per heavy atom. The van der Waals surface area contributed by atoms with Crippen LogP contribution < -0.4 is 15.8 Å². The Morgan fingerprint density at radius 3 is 3.11 bits per heavy atom. The number of likely N-dealkylation sites (N-methyl/N-ethyl adjacent to an activating group) is 1.